The van der Waals surface area contributed by atoms with Crippen LogP contribution in [0.15, 0.2) is 54.9 Å². The lowest BCUT2D eigenvalue weighted by Gasteiger charge is -2.14. The maximum absolute atomic E-state index is 12.2. The average molecular weight is 475 g/mol. The first kappa shape index (κ1) is 22.8. The van der Waals surface area contributed by atoms with Crippen molar-refractivity contribution in [1.29, 1.82) is 5.26 Å². The third kappa shape index (κ3) is 5.16. The number of nitriles is 1. The molecule has 2 heterocycles. The van der Waals surface area contributed by atoms with E-state index in [-0.39, 0.29) is 6.03 Å². The number of urea groups is 1. The maximum Gasteiger partial charge on any atom is 0.325 e. The molecular weight excluding hydrogens is 452 g/mol. The van der Waals surface area contributed by atoms with Gasteiger partial charge < -0.3 is 20.1 Å². The molecule has 0 spiro atoms. The Hall–Kier alpha value is -4.36. The third-order valence-corrected chi connectivity index (χ3v) is 5.95. The minimum atomic E-state index is -0.350. The number of rotatable bonds is 8. The number of anilines is 3. The fraction of sp³-hybridized carbons (Fsp3) is 0.167. The molecule has 0 aliphatic heterocycles. The lowest BCUT2D eigenvalue weighted by atomic mass is 10.1. The number of carbonyl (C=O) groups is 1. The Balaban J connectivity index is 1.42. The Morgan fingerprint density at radius 3 is 2.56 bits per heavy atom. The molecule has 3 N–H and O–H groups in total. The summed E-state index contributed by atoms with van der Waals surface area (Å²) in [5.41, 5.74) is 2.50. The van der Waals surface area contributed by atoms with Crippen molar-refractivity contribution in [3.8, 4) is 17.6 Å². The highest BCUT2D eigenvalue weighted by Crippen LogP contribution is 2.35. The van der Waals surface area contributed by atoms with Crippen LogP contribution >= 0.6 is 11.3 Å². The van der Waals surface area contributed by atoms with Crippen molar-refractivity contribution < 1.29 is 14.3 Å². The van der Waals surface area contributed by atoms with Gasteiger partial charge in [0.25, 0.3) is 0 Å². The van der Waals surface area contributed by atoms with Crippen LogP contribution in [0, 0.1) is 11.3 Å². The fourth-order valence-corrected chi connectivity index (χ4v) is 4.17. The van der Waals surface area contributed by atoms with E-state index in [1.807, 2.05) is 36.4 Å². The van der Waals surface area contributed by atoms with Gasteiger partial charge in [-0.05, 0) is 18.2 Å². The van der Waals surface area contributed by atoms with Crippen LogP contribution in [0.5, 0.6) is 11.5 Å². The second-order valence-electron chi connectivity index (χ2n) is 7.14. The molecule has 2 aromatic carbocycles. The van der Waals surface area contributed by atoms with Crippen LogP contribution in [-0.2, 0) is 6.42 Å². The predicted octanol–water partition coefficient (Wildman–Crippen LogP) is 4.88. The van der Waals surface area contributed by atoms with E-state index in [2.05, 4.69) is 32.0 Å². The summed E-state index contributed by atoms with van der Waals surface area (Å²) in [7, 11) is 3.13. The Bertz CT molecular complexity index is 1350. The van der Waals surface area contributed by atoms with Crippen molar-refractivity contribution in [3.05, 3.63) is 65.3 Å². The molecule has 2 amide bonds. The highest BCUT2D eigenvalue weighted by atomic mass is 32.1. The van der Waals surface area contributed by atoms with E-state index in [1.165, 1.54) is 17.5 Å². The quantitative estimate of drug-likeness (QED) is 0.333. The first-order valence-corrected chi connectivity index (χ1v) is 11.2. The normalized spacial score (nSPS) is 10.4. The van der Waals surface area contributed by atoms with Gasteiger partial charge in [0, 0.05) is 47.4 Å². The summed E-state index contributed by atoms with van der Waals surface area (Å²) in [5.74, 6) is 1.13. The van der Waals surface area contributed by atoms with E-state index in [0.717, 1.165) is 10.3 Å². The zero-order valence-corrected chi connectivity index (χ0v) is 19.4. The number of amides is 2. The van der Waals surface area contributed by atoms with Crippen molar-refractivity contribution in [2.75, 3.05) is 36.7 Å². The number of nitrogens with one attached hydrogen (secondary N) is 3. The van der Waals surface area contributed by atoms with Gasteiger partial charge in [-0.25, -0.2) is 9.78 Å². The minimum Gasteiger partial charge on any atom is -0.493 e. The summed E-state index contributed by atoms with van der Waals surface area (Å²) in [4.78, 5) is 21.8. The van der Waals surface area contributed by atoms with E-state index in [4.69, 9.17) is 9.47 Å². The van der Waals surface area contributed by atoms with Gasteiger partial charge in [-0.1, -0.05) is 18.2 Å². The molecule has 10 heteroatoms. The molecule has 2 aromatic heterocycles. The number of nitrogens with zero attached hydrogens (tertiary/aromatic N) is 3. The number of ether oxygens (including phenoxy) is 2. The largest absolute Gasteiger partial charge is 0.493 e. The first-order chi connectivity index (χ1) is 16.6. The third-order valence-electron chi connectivity index (χ3n) is 4.97. The van der Waals surface area contributed by atoms with Crippen molar-refractivity contribution in [2.45, 2.75) is 6.42 Å². The average Bonchev–Trinajstić information content (AvgIpc) is 3.30. The molecule has 0 bridgehead atoms. The van der Waals surface area contributed by atoms with E-state index in [1.54, 1.807) is 26.5 Å². The Kier molecular flexibility index (Phi) is 7.05. The van der Waals surface area contributed by atoms with Gasteiger partial charge in [0.2, 0.25) is 0 Å². The van der Waals surface area contributed by atoms with Crippen LogP contribution in [0.25, 0.3) is 10.9 Å². The molecule has 9 nitrogen and oxygen atoms in total. The molecule has 0 aliphatic carbocycles. The number of aromatic nitrogens is 2. The van der Waals surface area contributed by atoms with E-state index in [0.29, 0.717) is 52.1 Å². The summed E-state index contributed by atoms with van der Waals surface area (Å²) in [6, 6.07) is 14.6. The van der Waals surface area contributed by atoms with Crippen LogP contribution in [0.1, 0.15) is 10.4 Å². The van der Waals surface area contributed by atoms with Crippen molar-refractivity contribution in [3.63, 3.8) is 0 Å². The Labute approximate surface area is 200 Å². The van der Waals surface area contributed by atoms with Gasteiger partial charge in [-0.2, -0.15) is 5.26 Å². The summed E-state index contributed by atoms with van der Waals surface area (Å²) >= 11 is 1.39. The van der Waals surface area contributed by atoms with Crippen LogP contribution in [-0.4, -0.2) is 36.8 Å². The Morgan fingerprint density at radius 2 is 1.82 bits per heavy atom. The van der Waals surface area contributed by atoms with Crippen molar-refractivity contribution >= 4 is 44.8 Å². The van der Waals surface area contributed by atoms with Crippen LogP contribution in [0.4, 0.5) is 21.3 Å². The number of carbonyl (C=O) groups excluding carboxylic acids is 1. The summed E-state index contributed by atoms with van der Waals surface area (Å²) in [5, 5.41) is 19.7. The van der Waals surface area contributed by atoms with Gasteiger partial charge in [-0.3, -0.25) is 10.3 Å². The monoisotopic (exact) mass is 474 g/mol. The summed E-state index contributed by atoms with van der Waals surface area (Å²) in [6.45, 7) is 0.556. The second kappa shape index (κ2) is 10.5. The van der Waals surface area contributed by atoms with Gasteiger partial charge in [0.15, 0.2) is 16.6 Å². The number of benzene rings is 2. The highest BCUT2D eigenvalue weighted by molar-refractivity contribution is 7.15. The molecule has 4 aromatic rings. The lowest BCUT2D eigenvalue weighted by molar-refractivity contribution is 0.262. The van der Waals surface area contributed by atoms with Crippen molar-refractivity contribution in [1.82, 2.24) is 9.97 Å². The van der Waals surface area contributed by atoms with Gasteiger partial charge >= 0.3 is 6.03 Å². The number of hydrogen-bond donors (Lipinski definition) is 3. The molecule has 0 saturated heterocycles. The van der Waals surface area contributed by atoms with Gasteiger partial charge in [0.1, 0.15) is 6.07 Å². The number of pyridine rings is 1. The molecule has 0 fully saturated rings. The molecule has 4 rings (SSSR count). The highest BCUT2D eigenvalue weighted by Gasteiger charge is 2.14. The molecule has 0 saturated carbocycles. The zero-order valence-electron chi connectivity index (χ0n) is 18.6. The van der Waals surface area contributed by atoms with Gasteiger partial charge in [-0.15, -0.1) is 11.3 Å². The number of hydrogen-bond acceptors (Lipinski definition) is 8. The second-order valence-corrected chi connectivity index (χ2v) is 8.25. The molecule has 0 radical (unpaired) electrons. The maximum atomic E-state index is 12.2. The number of thiazole rings is 1. The van der Waals surface area contributed by atoms with Crippen LogP contribution in [0.3, 0.4) is 0 Å². The van der Waals surface area contributed by atoms with E-state index < -0.39 is 0 Å². The van der Waals surface area contributed by atoms with Gasteiger partial charge in [0.05, 0.1) is 31.0 Å². The Morgan fingerprint density at radius 1 is 1.06 bits per heavy atom. The molecule has 0 aliphatic rings. The molecule has 0 unspecified atom stereocenters. The summed E-state index contributed by atoms with van der Waals surface area (Å²) < 4.78 is 10.8. The molecular formula is C24H22N6O3S. The number of fused-ring (bicyclic) bond motifs is 1. The summed E-state index contributed by atoms with van der Waals surface area (Å²) in [6.07, 6.45) is 3.92. The SMILES string of the molecule is COc1cc2ncc(C#N)c(NCCc3cnc(NC(=O)Nc4ccccc4)s3)c2cc1OC. The number of para-hydroxylation sites is 1. The smallest absolute Gasteiger partial charge is 0.325 e. The molecule has 34 heavy (non-hydrogen) atoms. The van der Waals surface area contributed by atoms with Crippen LogP contribution < -0.4 is 25.4 Å². The number of methoxy groups -OCH3 is 2. The molecule has 172 valence electrons. The topological polar surface area (TPSA) is 121 Å². The fourth-order valence-electron chi connectivity index (χ4n) is 3.37. The van der Waals surface area contributed by atoms with Crippen molar-refractivity contribution in [2.24, 2.45) is 0 Å². The first-order valence-electron chi connectivity index (χ1n) is 10.4. The van der Waals surface area contributed by atoms with E-state index in [9.17, 15) is 10.1 Å². The molecule has 0 atom stereocenters. The predicted molar refractivity (Wildman–Crippen MR) is 133 cm³/mol. The zero-order chi connectivity index (χ0) is 23.9. The lowest BCUT2D eigenvalue weighted by Crippen LogP contribution is -2.19. The van der Waals surface area contributed by atoms with E-state index >= 15 is 0 Å². The standard InChI is InChI=1S/C24H22N6O3S/c1-32-20-10-18-19(11-21(20)33-2)27-13-15(12-25)22(18)26-9-8-17-14-28-24(34-17)30-23(31)29-16-6-4-3-5-7-16/h3-7,10-11,13-14H,8-9H2,1-2H3,(H,26,27)(H2,28,29,30,31). The minimum absolute atomic E-state index is 0.350. The van der Waals surface area contributed by atoms with Crippen LogP contribution in [0.2, 0.25) is 0 Å².